The zero-order valence-corrected chi connectivity index (χ0v) is 9.97. The van der Waals surface area contributed by atoms with Crippen LogP contribution >= 0.6 is 11.5 Å². The Morgan fingerprint density at radius 2 is 1.94 bits per heavy atom. The highest BCUT2D eigenvalue weighted by atomic mass is 32.1. The van der Waals surface area contributed by atoms with E-state index in [4.69, 9.17) is 0 Å². The molecular weight excluding hydrogens is 220 g/mol. The second-order valence-electron chi connectivity index (χ2n) is 3.71. The summed E-state index contributed by atoms with van der Waals surface area (Å²) in [4.78, 5) is 12.4. The van der Waals surface area contributed by atoms with Gasteiger partial charge in [-0.3, -0.25) is 4.79 Å². The minimum atomic E-state index is -0.104. The average molecular weight is 232 g/mol. The minimum absolute atomic E-state index is 0.104. The topological polar surface area (TPSA) is 42.0 Å². The highest BCUT2D eigenvalue weighted by Gasteiger charge is 2.07. The van der Waals surface area contributed by atoms with Crippen LogP contribution in [-0.4, -0.2) is 10.3 Å². The van der Waals surface area contributed by atoms with Crippen LogP contribution in [0.2, 0.25) is 0 Å². The third kappa shape index (κ3) is 2.46. The predicted molar refractivity (Wildman–Crippen MR) is 66.0 cm³/mol. The fourth-order valence-electron chi connectivity index (χ4n) is 1.57. The summed E-state index contributed by atoms with van der Waals surface area (Å²) in [6.45, 7) is 4.02. The Morgan fingerprint density at radius 1 is 1.25 bits per heavy atom. The number of carbonyl (C=O) groups is 1. The number of rotatable bonds is 2. The number of hydrogen-bond acceptors (Lipinski definition) is 3. The first-order valence-corrected chi connectivity index (χ1v) is 5.73. The Kier molecular flexibility index (Phi) is 3.01. The largest absolute Gasteiger partial charge is 0.321 e. The number of carbonyl (C=O) groups excluding carboxylic acids is 1. The molecule has 0 bridgehead atoms. The van der Waals surface area contributed by atoms with Crippen LogP contribution in [0.15, 0.2) is 30.5 Å². The van der Waals surface area contributed by atoms with Crippen LogP contribution < -0.4 is 5.32 Å². The van der Waals surface area contributed by atoms with Crippen molar-refractivity contribution in [3.63, 3.8) is 0 Å². The zero-order chi connectivity index (χ0) is 11.5. The van der Waals surface area contributed by atoms with E-state index in [-0.39, 0.29) is 5.91 Å². The average Bonchev–Trinajstić information content (AvgIpc) is 2.68. The summed E-state index contributed by atoms with van der Waals surface area (Å²) in [5.74, 6) is -0.104. The first kappa shape index (κ1) is 10.8. The third-order valence-corrected chi connectivity index (χ3v) is 2.89. The summed E-state index contributed by atoms with van der Waals surface area (Å²) in [5.41, 5.74) is 3.11. The lowest BCUT2D eigenvalue weighted by Crippen LogP contribution is -2.10. The molecular formula is C12H12N2OS. The van der Waals surface area contributed by atoms with Crippen LogP contribution in [-0.2, 0) is 0 Å². The van der Waals surface area contributed by atoms with Gasteiger partial charge in [0.15, 0.2) is 0 Å². The van der Waals surface area contributed by atoms with Crippen LogP contribution in [0.3, 0.4) is 0 Å². The van der Waals surface area contributed by atoms with Gasteiger partial charge in [-0.1, -0.05) is 6.07 Å². The van der Waals surface area contributed by atoms with Gasteiger partial charge in [0, 0.05) is 11.9 Å². The van der Waals surface area contributed by atoms with Gasteiger partial charge in [-0.05, 0) is 54.7 Å². The van der Waals surface area contributed by atoms with Crippen molar-refractivity contribution in [2.24, 2.45) is 0 Å². The van der Waals surface area contributed by atoms with E-state index < -0.39 is 0 Å². The first-order chi connectivity index (χ1) is 7.65. The van der Waals surface area contributed by atoms with Crippen molar-refractivity contribution < 1.29 is 4.79 Å². The van der Waals surface area contributed by atoms with E-state index in [1.165, 1.54) is 11.5 Å². The maximum atomic E-state index is 11.8. The highest BCUT2D eigenvalue weighted by molar-refractivity contribution is 7.08. The summed E-state index contributed by atoms with van der Waals surface area (Å²) in [6, 6.07) is 7.68. The summed E-state index contributed by atoms with van der Waals surface area (Å²) in [7, 11) is 0. The van der Waals surface area contributed by atoms with Gasteiger partial charge in [-0.2, -0.15) is 0 Å². The van der Waals surface area contributed by atoms with E-state index in [0.29, 0.717) is 4.88 Å². The molecule has 1 aromatic carbocycles. The van der Waals surface area contributed by atoms with Crippen molar-refractivity contribution in [3.8, 4) is 0 Å². The molecule has 1 N–H and O–H groups in total. The molecule has 2 rings (SSSR count). The molecule has 0 radical (unpaired) electrons. The van der Waals surface area contributed by atoms with Crippen LogP contribution in [0, 0.1) is 13.8 Å². The van der Waals surface area contributed by atoms with Gasteiger partial charge >= 0.3 is 0 Å². The van der Waals surface area contributed by atoms with Crippen LogP contribution in [0.4, 0.5) is 5.69 Å². The molecule has 0 spiro atoms. The van der Waals surface area contributed by atoms with E-state index in [2.05, 4.69) is 15.8 Å². The minimum Gasteiger partial charge on any atom is -0.321 e. The molecule has 0 aliphatic rings. The maximum Gasteiger partial charge on any atom is 0.267 e. The fourth-order valence-corrected chi connectivity index (χ4v) is 2.06. The number of nitrogens with zero attached hydrogens (tertiary/aromatic N) is 1. The molecule has 0 atom stereocenters. The van der Waals surface area contributed by atoms with Gasteiger partial charge in [0.05, 0.1) is 0 Å². The first-order valence-electron chi connectivity index (χ1n) is 4.95. The van der Waals surface area contributed by atoms with Crippen LogP contribution in [0.5, 0.6) is 0 Å². The monoisotopic (exact) mass is 232 g/mol. The van der Waals surface area contributed by atoms with E-state index in [0.717, 1.165) is 16.8 Å². The summed E-state index contributed by atoms with van der Waals surface area (Å²) in [5, 5.41) is 2.86. The Labute approximate surface area is 98.3 Å². The van der Waals surface area contributed by atoms with Crippen molar-refractivity contribution >= 4 is 23.1 Å². The lowest BCUT2D eigenvalue weighted by molar-refractivity contribution is 0.103. The fraction of sp³-hybridized carbons (Fsp3) is 0.167. The van der Waals surface area contributed by atoms with E-state index in [9.17, 15) is 4.79 Å². The van der Waals surface area contributed by atoms with E-state index in [1.54, 1.807) is 12.3 Å². The standard InChI is InChI=1S/C12H12N2OS/c1-8-5-9(2)7-10(6-8)14-12(15)11-3-4-13-16-11/h3-7H,1-2H3,(H,14,15). The molecule has 0 saturated carbocycles. The van der Waals surface area contributed by atoms with E-state index in [1.807, 2.05) is 26.0 Å². The summed E-state index contributed by atoms with van der Waals surface area (Å²) in [6.07, 6.45) is 1.63. The molecule has 2 aromatic rings. The number of anilines is 1. The normalized spacial score (nSPS) is 10.1. The van der Waals surface area contributed by atoms with Crippen LogP contribution in [0.1, 0.15) is 20.8 Å². The number of hydrogen-bond donors (Lipinski definition) is 1. The SMILES string of the molecule is Cc1cc(C)cc(NC(=O)c2ccns2)c1. The molecule has 1 heterocycles. The molecule has 3 nitrogen and oxygen atoms in total. The Hall–Kier alpha value is -1.68. The number of nitrogens with one attached hydrogen (secondary N) is 1. The second kappa shape index (κ2) is 4.45. The number of benzene rings is 1. The second-order valence-corrected chi connectivity index (χ2v) is 4.54. The van der Waals surface area contributed by atoms with Gasteiger partial charge in [-0.25, -0.2) is 4.37 Å². The molecule has 0 aliphatic heterocycles. The van der Waals surface area contributed by atoms with E-state index >= 15 is 0 Å². The van der Waals surface area contributed by atoms with Gasteiger partial charge in [0.1, 0.15) is 4.88 Å². The Bertz CT molecular complexity index is 485. The summed E-state index contributed by atoms with van der Waals surface area (Å²) >= 11 is 1.20. The van der Waals surface area contributed by atoms with Crippen molar-refractivity contribution in [2.45, 2.75) is 13.8 Å². The quantitative estimate of drug-likeness (QED) is 0.864. The molecule has 0 aliphatic carbocycles. The molecule has 0 unspecified atom stereocenters. The smallest absolute Gasteiger partial charge is 0.267 e. The van der Waals surface area contributed by atoms with Crippen molar-refractivity contribution in [2.75, 3.05) is 5.32 Å². The van der Waals surface area contributed by atoms with Gasteiger partial charge < -0.3 is 5.32 Å². The number of aryl methyl sites for hydroxylation is 2. The van der Waals surface area contributed by atoms with Crippen LogP contribution in [0.25, 0.3) is 0 Å². The lowest BCUT2D eigenvalue weighted by atomic mass is 10.1. The van der Waals surface area contributed by atoms with Gasteiger partial charge in [0.2, 0.25) is 0 Å². The molecule has 0 fully saturated rings. The molecule has 16 heavy (non-hydrogen) atoms. The number of amides is 1. The molecule has 4 heteroatoms. The van der Waals surface area contributed by atoms with Crippen molar-refractivity contribution in [1.29, 1.82) is 0 Å². The van der Waals surface area contributed by atoms with Crippen molar-refractivity contribution in [1.82, 2.24) is 4.37 Å². The molecule has 1 aromatic heterocycles. The molecule has 82 valence electrons. The molecule has 0 saturated heterocycles. The van der Waals surface area contributed by atoms with Gasteiger partial charge in [-0.15, -0.1) is 0 Å². The predicted octanol–water partition coefficient (Wildman–Crippen LogP) is 3.01. The van der Waals surface area contributed by atoms with Crippen molar-refractivity contribution in [3.05, 3.63) is 46.5 Å². The van der Waals surface area contributed by atoms with Gasteiger partial charge in [0.25, 0.3) is 5.91 Å². The zero-order valence-electron chi connectivity index (χ0n) is 9.15. The maximum absolute atomic E-state index is 11.8. The number of aromatic nitrogens is 1. The third-order valence-electron chi connectivity index (χ3n) is 2.14. The lowest BCUT2D eigenvalue weighted by Gasteiger charge is -2.05. The highest BCUT2D eigenvalue weighted by Crippen LogP contribution is 2.15. The summed E-state index contributed by atoms with van der Waals surface area (Å²) < 4.78 is 3.90. The molecule has 1 amide bonds. The Balaban J connectivity index is 2.18. The Morgan fingerprint density at radius 3 is 2.50 bits per heavy atom.